The SMILES string of the molecule is CS(=O)(=O)NC1CCCN(C(=O)C2CCCCC2CN)C1. The Hall–Kier alpha value is -0.660. The van der Waals surface area contributed by atoms with Crippen LogP contribution < -0.4 is 10.5 Å². The summed E-state index contributed by atoms with van der Waals surface area (Å²) in [5, 5.41) is 0. The maximum atomic E-state index is 12.7. The van der Waals surface area contributed by atoms with Gasteiger partial charge in [0.15, 0.2) is 0 Å². The van der Waals surface area contributed by atoms with Crippen LogP contribution in [-0.2, 0) is 14.8 Å². The molecule has 1 heterocycles. The highest BCUT2D eigenvalue weighted by Gasteiger charge is 2.35. The fraction of sp³-hybridized carbons (Fsp3) is 0.929. The standard InChI is InChI=1S/C14H27N3O3S/c1-21(19,20)16-12-6-4-8-17(10-12)14(18)13-7-3-2-5-11(13)9-15/h11-13,16H,2-10,15H2,1H3. The van der Waals surface area contributed by atoms with Crippen LogP contribution in [0, 0.1) is 11.8 Å². The summed E-state index contributed by atoms with van der Waals surface area (Å²) in [5.74, 6) is 0.486. The summed E-state index contributed by atoms with van der Waals surface area (Å²) >= 11 is 0. The monoisotopic (exact) mass is 317 g/mol. The average Bonchev–Trinajstić information content (AvgIpc) is 2.45. The summed E-state index contributed by atoms with van der Waals surface area (Å²) in [6.45, 7) is 1.78. The van der Waals surface area contributed by atoms with E-state index in [1.54, 1.807) is 0 Å². The van der Waals surface area contributed by atoms with Crippen molar-refractivity contribution in [3.8, 4) is 0 Å². The minimum atomic E-state index is -3.22. The summed E-state index contributed by atoms with van der Waals surface area (Å²) in [6.07, 6.45) is 7.00. The molecule has 0 aromatic rings. The van der Waals surface area contributed by atoms with Gasteiger partial charge < -0.3 is 10.6 Å². The Morgan fingerprint density at radius 1 is 1.24 bits per heavy atom. The molecule has 122 valence electrons. The van der Waals surface area contributed by atoms with Crippen LogP contribution in [0.3, 0.4) is 0 Å². The number of carbonyl (C=O) groups is 1. The Kier molecular flexibility index (Phi) is 5.62. The van der Waals surface area contributed by atoms with E-state index < -0.39 is 10.0 Å². The third kappa shape index (κ3) is 4.66. The number of rotatable bonds is 4. The summed E-state index contributed by atoms with van der Waals surface area (Å²) in [6, 6.07) is -0.155. The first-order chi connectivity index (χ1) is 9.90. The van der Waals surface area contributed by atoms with E-state index in [1.165, 1.54) is 6.26 Å². The Labute approximate surface area is 127 Å². The Bertz CT molecular complexity index is 466. The van der Waals surface area contributed by atoms with Crippen molar-refractivity contribution in [2.75, 3.05) is 25.9 Å². The quantitative estimate of drug-likeness (QED) is 0.779. The Balaban J connectivity index is 1.98. The lowest BCUT2D eigenvalue weighted by molar-refractivity contribution is -0.139. The smallest absolute Gasteiger partial charge is 0.226 e. The van der Waals surface area contributed by atoms with Gasteiger partial charge in [-0.15, -0.1) is 0 Å². The van der Waals surface area contributed by atoms with E-state index in [1.807, 2.05) is 4.90 Å². The second kappa shape index (κ2) is 7.07. The van der Waals surface area contributed by atoms with Crippen LogP contribution >= 0.6 is 0 Å². The fourth-order valence-corrected chi connectivity index (χ4v) is 4.42. The zero-order valence-electron chi connectivity index (χ0n) is 12.8. The van der Waals surface area contributed by atoms with Crippen LogP contribution in [0.2, 0.25) is 0 Å². The zero-order valence-corrected chi connectivity index (χ0v) is 13.6. The van der Waals surface area contributed by atoms with E-state index in [4.69, 9.17) is 5.73 Å². The van der Waals surface area contributed by atoms with Gasteiger partial charge in [0.1, 0.15) is 0 Å². The molecule has 21 heavy (non-hydrogen) atoms. The lowest BCUT2D eigenvalue weighted by Gasteiger charge is -2.38. The second-order valence-corrected chi connectivity index (χ2v) is 8.18. The van der Waals surface area contributed by atoms with Gasteiger partial charge in [-0.2, -0.15) is 0 Å². The van der Waals surface area contributed by atoms with Crippen molar-refractivity contribution >= 4 is 15.9 Å². The lowest BCUT2D eigenvalue weighted by Crippen LogP contribution is -2.52. The zero-order chi connectivity index (χ0) is 15.5. The van der Waals surface area contributed by atoms with Gasteiger partial charge in [0.25, 0.3) is 0 Å². The maximum Gasteiger partial charge on any atom is 0.226 e. The number of carbonyl (C=O) groups excluding carboxylic acids is 1. The molecule has 6 nitrogen and oxygen atoms in total. The number of hydrogen-bond donors (Lipinski definition) is 2. The number of sulfonamides is 1. The molecule has 1 saturated heterocycles. The number of piperidine rings is 1. The topological polar surface area (TPSA) is 92.5 Å². The van der Waals surface area contributed by atoms with Crippen molar-refractivity contribution < 1.29 is 13.2 Å². The predicted molar refractivity (Wildman–Crippen MR) is 82.1 cm³/mol. The second-order valence-electron chi connectivity index (χ2n) is 6.40. The molecule has 7 heteroatoms. The average molecular weight is 317 g/mol. The fourth-order valence-electron chi connectivity index (χ4n) is 3.63. The van der Waals surface area contributed by atoms with Crippen molar-refractivity contribution in [2.24, 2.45) is 17.6 Å². The number of hydrogen-bond acceptors (Lipinski definition) is 4. The first-order valence-corrected chi connectivity index (χ1v) is 9.76. The van der Waals surface area contributed by atoms with Gasteiger partial charge in [-0.3, -0.25) is 4.79 Å². The summed E-state index contributed by atoms with van der Waals surface area (Å²) in [4.78, 5) is 14.6. The molecule has 0 bridgehead atoms. The van der Waals surface area contributed by atoms with Gasteiger partial charge in [-0.1, -0.05) is 12.8 Å². The van der Waals surface area contributed by atoms with Crippen LogP contribution in [-0.4, -0.2) is 51.2 Å². The van der Waals surface area contributed by atoms with E-state index in [2.05, 4.69) is 4.72 Å². The molecule has 2 aliphatic rings. The molecule has 2 fully saturated rings. The molecular formula is C14H27N3O3S. The van der Waals surface area contributed by atoms with E-state index in [0.29, 0.717) is 13.1 Å². The van der Waals surface area contributed by atoms with Gasteiger partial charge >= 0.3 is 0 Å². The molecule has 1 saturated carbocycles. The Morgan fingerprint density at radius 3 is 2.62 bits per heavy atom. The highest BCUT2D eigenvalue weighted by atomic mass is 32.2. The van der Waals surface area contributed by atoms with Crippen molar-refractivity contribution in [2.45, 2.75) is 44.6 Å². The molecule has 0 radical (unpaired) electrons. The Morgan fingerprint density at radius 2 is 1.95 bits per heavy atom. The van der Waals surface area contributed by atoms with Crippen LogP contribution in [0.25, 0.3) is 0 Å². The third-order valence-electron chi connectivity index (χ3n) is 4.64. The molecular weight excluding hydrogens is 290 g/mol. The number of nitrogens with zero attached hydrogens (tertiary/aromatic N) is 1. The van der Waals surface area contributed by atoms with Crippen LogP contribution in [0.1, 0.15) is 38.5 Å². The van der Waals surface area contributed by atoms with Crippen LogP contribution in [0.15, 0.2) is 0 Å². The maximum absolute atomic E-state index is 12.7. The van der Waals surface area contributed by atoms with Crippen LogP contribution in [0.4, 0.5) is 0 Å². The van der Waals surface area contributed by atoms with Crippen molar-refractivity contribution in [3.63, 3.8) is 0 Å². The van der Waals surface area contributed by atoms with Crippen molar-refractivity contribution in [1.29, 1.82) is 0 Å². The first-order valence-electron chi connectivity index (χ1n) is 7.87. The van der Waals surface area contributed by atoms with Gasteiger partial charge in [0, 0.05) is 25.0 Å². The van der Waals surface area contributed by atoms with Crippen molar-refractivity contribution in [3.05, 3.63) is 0 Å². The number of nitrogens with one attached hydrogen (secondary N) is 1. The third-order valence-corrected chi connectivity index (χ3v) is 5.40. The van der Waals surface area contributed by atoms with Gasteiger partial charge in [0.2, 0.25) is 15.9 Å². The van der Waals surface area contributed by atoms with E-state index >= 15 is 0 Å². The number of nitrogens with two attached hydrogens (primary N) is 1. The van der Waals surface area contributed by atoms with E-state index in [-0.39, 0.29) is 23.8 Å². The predicted octanol–water partition coefficient (Wildman–Crippen LogP) is 0.292. The molecule has 0 spiro atoms. The van der Waals surface area contributed by atoms with Gasteiger partial charge in [0.05, 0.1) is 6.26 Å². The molecule has 1 aliphatic carbocycles. The lowest BCUT2D eigenvalue weighted by atomic mass is 9.78. The first kappa shape index (κ1) is 16.7. The molecule has 1 aliphatic heterocycles. The normalized spacial score (nSPS) is 31.1. The molecule has 0 aromatic heterocycles. The minimum Gasteiger partial charge on any atom is -0.341 e. The molecule has 3 N–H and O–H groups in total. The number of likely N-dealkylation sites (tertiary alicyclic amines) is 1. The molecule has 3 atom stereocenters. The molecule has 2 rings (SSSR count). The van der Waals surface area contributed by atoms with Gasteiger partial charge in [-0.25, -0.2) is 13.1 Å². The largest absolute Gasteiger partial charge is 0.341 e. The van der Waals surface area contributed by atoms with E-state index in [0.717, 1.165) is 45.1 Å². The summed E-state index contributed by atoms with van der Waals surface area (Å²) < 4.78 is 25.3. The highest BCUT2D eigenvalue weighted by Crippen LogP contribution is 2.31. The molecule has 3 unspecified atom stereocenters. The highest BCUT2D eigenvalue weighted by molar-refractivity contribution is 7.88. The van der Waals surface area contributed by atoms with Crippen LogP contribution in [0.5, 0.6) is 0 Å². The van der Waals surface area contributed by atoms with Gasteiger partial charge in [-0.05, 0) is 38.1 Å². The molecule has 1 amide bonds. The number of amides is 1. The van der Waals surface area contributed by atoms with E-state index in [9.17, 15) is 13.2 Å². The summed E-state index contributed by atoms with van der Waals surface area (Å²) in [7, 11) is -3.22. The van der Waals surface area contributed by atoms with Crippen molar-refractivity contribution in [1.82, 2.24) is 9.62 Å². The molecule has 0 aromatic carbocycles. The summed E-state index contributed by atoms with van der Waals surface area (Å²) in [5.41, 5.74) is 5.81. The minimum absolute atomic E-state index is 0.0285.